The minimum absolute atomic E-state index is 0.559. The van der Waals surface area contributed by atoms with Crippen LogP contribution in [0.15, 0.2) is 17.0 Å². The van der Waals surface area contributed by atoms with E-state index in [2.05, 4.69) is 43.0 Å². The molecule has 1 aromatic rings. The lowest BCUT2D eigenvalue weighted by atomic mass is 10.1. The maximum absolute atomic E-state index is 4.19. The number of hydrogen-bond donors (Lipinski definition) is 1. The Morgan fingerprint density at radius 1 is 1.35 bits per heavy atom. The number of rotatable bonds is 4. The number of anilines is 1. The summed E-state index contributed by atoms with van der Waals surface area (Å²) in [4.78, 5) is 10.7. The average Bonchev–Trinajstić information content (AvgIpc) is 2.37. The number of hydrogen-bond acceptors (Lipinski definition) is 4. The SMILES string of the molecule is CC(CNc1cc(Br)ncn1)N1CCCCC1. The monoisotopic (exact) mass is 298 g/mol. The molecule has 1 unspecified atom stereocenters. The summed E-state index contributed by atoms with van der Waals surface area (Å²) < 4.78 is 0.820. The largest absolute Gasteiger partial charge is 0.368 e. The predicted molar refractivity (Wildman–Crippen MR) is 73.1 cm³/mol. The summed E-state index contributed by atoms with van der Waals surface area (Å²) in [7, 11) is 0. The summed E-state index contributed by atoms with van der Waals surface area (Å²) in [5, 5.41) is 3.36. The molecule has 4 nitrogen and oxygen atoms in total. The molecule has 17 heavy (non-hydrogen) atoms. The van der Waals surface area contributed by atoms with E-state index in [1.165, 1.54) is 32.4 Å². The van der Waals surface area contributed by atoms with Gasteiger partial charge in [-0.05, 0) is 48.8 Å². The average molecular weight is 299 g/mol. The summed E-state index contributed by atoms with van der Waals surface area (Å²) in [5.41, 5.74) is 0. The van der Waals surface area contributed by atoms with Crippen molar-refractivity contribution in [2.45, 2.75) is 32.2 Å². The third kappa shape index (κ3) is 3.92. The van der Waals surface area contributed by atoms with Crippen LogP contribution < -0.4 is 5.32 Å². The summed E-state index contributed by atoms with van der Waals surface area (Å²) >= 11 is 3.34. The predicted octanol–water partition coefficient (Wildman–Crippen LogP) is 2.53. The van der Waals surface area contributed by atoms with Crippen molar-refractivity contribution in [3.63, 3.8) is 0 Å². The van der Waals surface area contributed by atoms with Gasteiger partial charge in [0.15, 0.2) is 0 Å². The van der Waals surface area contributed by atoms with Crippen LogP contribution in [0.25, 0.3) is 0 Å². The second kappa shape index (κ2) is 6.31. The van der Waals surface area contributed by atoms with Gasteiger partial charge in [0, 0.05) is 18.7 Å². The Labute approximate surface area is 111 Å². The Balaban J connectivity index is 1.80. The van der Waals surface area contributed by atoms with Gasteiger partial charge in [-0.15, -0.1) is 0 Å². The highest BCUT2D eigenvalue weighted by atomic mass is 79.9. The molecular formula is C12H19BrN4. The van der Waals surface area contributed by atoms with Crippen LogP contribution in [0.2, 0.25) is 0 Å². The van der Waals surface area contributed by atoms with Crippen LogP contribution in [-0.4, -0.2) is 40.5 Å². The number of aromatic nitrogens is 2. The molecule has 2 rings (SSSR count). The fraction of sp³-hybridized carbons (Fsp3) is 0.667. The summed E-state index contributed by atoms with van der Waals surface area (Å²) in [6.45, 7) is 5.67. The molecule has 1 fully saturated rings. The first-order valence-corrected chi connectivity index (χ1v) is 7.00. The molecule has 1 saturated heterocycles. The van der Waals surface area contributed by atoms with Crippen molar-refractivity contribution in [2.75, 3.05) is 25.0 Å². The lowest BCUT2D eigenvalue weighted by molar-refractivity contribution is 0.180. The Hall–Kier alpha value is -0.680. The van der Waals surface area contributed by atoms with Crippen LogP contribution in [0.4, 0.5) is 5.82 Å². The van der Waals surface area contributed by atoms with Crippen LogP contribution in [0.3, 0.4) is 0 Å². The zero-order valence-electron chi connectivity index (χ0n) is 10.2. The highest BCUT2D eigenvalue weighted by Crippen LogP contribution is 2.13. The third-order valence-electron chi connectivity index (χ3n) is 3.23. The topological polar surface area (TPSA) is 41.1 Å². The maximum Gasteiger partial charge on any atom is 0.130 e. The second-order valence-electron chi connectivity index (χ2n) is 4.55. The van der Waals surface area contributed by atoms with E-state index in [1.54, 1.807) is 6.33 Å². The van der Waals surface area contributed by atoms with E-state index >= 15 is 0 Å². The van der Waals surface area contributed by atoms with Crippen LogP contribution in [0, 0.1) is 0 Å². The van der Waals surface area contributed by atoms with Crippen LogP contribution in [0.5, 0.6) is 0 Å². The van der Waals surface area contributed by atoms with Crippen LogP contribution >= 0.6 is 15.9 Å². The lowest BCUT2D eigenvalue weighted by Crippen LogP contribution is -2.41. The molecule has 0 bridgehead atoms. The van der Waals surface area contributed by atoms with Gasteiger partial charge in [0.05, 0.1) is 0 Å². The minimum atomic E-state index is 0.559. The van der Waals surface area contributed by atoms with Gasteiger partial charge in [0.1, 0.15) is 16.7 Å². The first-order valence-electron chi connectivity index (χ1n) is 6.21. The standard InChI is InChI=1S/C12H19BrN4/c1-10(17-5-3-2-4-6-17)8-14-12-7-11(13)15-9-16-12/h7,9-10H,2-6,8H2,1H3,(H,14,15,16). The molecule has 0 saturated carbocycles. The minimum Gasteiger partial charge on any atom is -0.368 e. The van der Waals surface area contributed by atoms with Gasteiger partial charge in [-0.3, -0.25) is 4.90 Å². The van der Waals surface area contributed by atoms with Gasteiger partial charge in [-0.25, -0.2) is 9.97 Å². The normalized spacial score (nSPS) is 18.9. The Bertz CT molecular complexity index is 352. The quantitative estimate of drug-likeness (QED) is 0.867. The highest BCUT2D eigenvalue weighted by molar-refractivity contribution is 9.10. The van der Waals surface area contributed by atoms with Gasteiger partial charge in [0.25, 0.3) is 0 Å². The first-order chi connectivity index (χ1) is 8.25. The summed E-state index contributed by atoms with van der Waals surface area (Å²) in [6, 6.07) is 2.46. The Kier molecular flexibility index (Phi) is 4.74. The van der Waals surface area contributed by atoms with Crippen molar-refractivity contribution in [3.8, 4) is 0 Å². The number of halogens is 1. The molecule has 0 radical (unpaired) electrons. The highest BCUT2D eigenvalue weighted by Gasteiger charge is 2.16. The molecule has 94 valence electrons. The van der Waals surface area contributed by atoms with Crippen LogP contribution in [-0.2, 0) is 0 Å². The molecule has 0 amide bonds. The van der Waals surface area contributed by atoms with E-state index in [-0.39, 0.29) is 0 Å². The maximum atomic E-state index is 4.19. The fourth-order valence-electron chi connectivity index (χ4n) is 2.17. The van der Waals surface area contributed by atoms with Crippen molar-refractivity contribution >= 4 is 21.7 Å². The summed E-state index contributed by atoms with van der Waals surface area (Å²) in [6.07, 6.45) is 5.63. The molecule has 0 spiro atoms. The van der Waals surface area contributed by atoms with E-state index in [9.17, 15) is 0 Å². The molecule has 1 aliphatic rings. The zero-order chi connectivity index (χ0) is 12.1. The molecule has 5 heteroatoms. The van der Waals surface area contributed by atoms with Crippen molar-refractivity contribution < 1.29 is 0 Å². The molecule has 0 aromatic carbocycles. The first kappa shape index (κ1) is 12.8. The van der Waals surface area contributed by atoms with Crippen molar-refractivity contribution in [1.82, 2.24) is 14.9 Å². The van der Waals surface area contributed by atoms with Gasteiger partial charge < -0.3 is 5.32 Å². The van der Waals surface area contributed by atoms with E-state index in [0.717, 1.165) is 17.0 Å². The van der Waals surface area contributed by atoms with E-state index in [0.29, 0.717) is 6.04 Å². The van der Waals surface area contributed by atoms with Gasteiger partial charge in [-0.1, -0.05) is 6.42 Å². The molecule has 2 heterocycles. The molecule has 1 atom stereocenters. The van der Waals surface area contributed by atoms with E-state index < -0.39 is 0 Å². The van der Waals surface area contributed by atoms with Gasteiger partial charge in [-0.2, -0.15) is 0 Å². The summed E-state index contributed by atoms with van der Waals surface area (Å²) in [5.74, 6) is 0.885. The van der Waals surface area contributed by atoms with Gasteiger partial charge >= 0.3 is 0 Å². The fourth-order valence-corrected chi connectivity index (χ4v) is 2.48. The second-order valence-corrected chi connectivity index (χ2v) is 5.36. The number of nitrogens with one attached hydrogen (secondary N) is 1. The lowest BCUT2D eigenvalue weighted by Gasteiger charge is -2.32. The van der Waals surface area contributed by atoms with Crippen molar-refractivity contribution in [3.05, 3.63) is 17.0 Å². The Morgan fingerprint density at radius 2 is 2.12 bits per heavy atom. The molecule has 1 N–H and O–H groups in total. The molecular weight excluding hydrogens is 280 g/mol. The molecule has 1 aliphatic heterocycles. The van der Waals surface area contributed by atoms with E-state index in [1.807, 2.05) is 6.07 Å². The smallest absolute Gasteiger partial charge is 0.130 e. The molecule has 0 aliphatic carbocycles. The number of piperidine rings is 1. The zero-order valence-corrected chi connectivity index (χ0v) is 11.8. The van der Waals surface area contributed by atoms with Gasteiger partial charge in [0.2, 0.25) is 0 Å². The third-order valence-corrected chi connectivity index (χ3v) is 3.66. The van der Waals surface area contributed by atoms with Crippen molar-refractivity contribution in [1.29, 1.82) is 0 Å². The van der Waals surface area contributed by atoms with Crippen molar-refractivity contribution in [2.24, 2.45) is 0 Å². The van der Waals surface area contributed by atoms with Crippen LogP contribution in [0.1, 0.15) is 26.2 Å². The number of nitrogens with zero attached hydrogens (tertiary/aromatic N) is 3. The molecule has 1 aromatic heterocycles. The Morgan fingerprint density at radius 3 is 2.82 bits per heavy atom. The number of likely N-dealkylation sites (tertiary alicyclic amines) is 1. The van der Waals surface area contributed by atoms with E-state index in [4.69, 9.17) is 0 Å².